The van der Waals surface area contributed by atoms with Gasteiger partial charge in [-0.15, -0.1) is 0 Å². The monoisotopic (exact) mass is 336 g/mol. The lowest BCUT2D eigenvalue weighted by Gasteiger charge is -2.07. The van der Waals surface area contributed by atoms with E-state index < -0.39 is 0 Å². The number of hydrogen-bond acceptors (Lipinski definition) is 4. The molecule has 0 spiro atoms. The van der Waals surface area contributed by atoms with E-state index in [0.29, 0.717) is 30.5 Å². The van der Waals surface area contributed by atoms with E-state index in [4.69, 9.17) is 5.26 Å². The highest BCUT2D eigenvalue weighted by atomic mass is 16.5. The number of methoxy groups -OCH3 is 1. The first-order valence-corrected chi connectivity index (χ1v) is 8.05. The molecule has 5 heteroatoms. The number of aryl methyl sites for hydroxylation is 1. The summed E-state index contributed by atoms with van der Waals surface area (Å²) >= 11 is 0. The summed E-state index contributed by atoms with van der Waals surface area (Å²) in [5.74, 6) is -0.367. The zero-order valence-corrected chi connectivity index (χ0v) is 14.1. The van der Waals surface area contributed by atoms with Crippen LogP contribution in [0.15, 0.2) is 48.5 Å². The number of nitriles is 1. The third-order valence-corrected chi connectivity index (χ3v) is 3.84. The van der Waals surface area contributed by atoms with Gasteiger partial charge in [0.05, 0.1) is 18.7 Å². The first kappa shape index (κ1) is 18.2. The maximum Gasteiger partial charge on any atom is 0.305 e. The Morgan fingerprint density at radius 3 is 2.16 bits per heavy atom. The van der Waals surface area contributed by atoms with Gasteiger partial charge in [0, 0.05) is 18.5 Å². The van der Waals surface area contributed by atoms with Gasteiger partial charge in [-0.3, -0.25) is 9.59 Å². The van der Waals surface area contributed by atoms with E-state index in [0.717, 1.165) is 17.5 Å². The van der Waals surface area contributed by atoms with E-state index in [2.05, 4.69) is 10.1 Å². The van der Waals surface area contributed by atoms with E-state index >= 15 is 0 Å². The molecule has 0 bridgehead atoms. The van der Waals surface area contributed by atoms with E-state index in [9.17, 15) is 9.59 Å². The molecular weight excluding hydrogens is 316 g/mol. The first-order valence-electron chi connectivity index (χ1n) is 8.05. The average molecular weight is 336 g/mol. The summed E-state index contributed by atoms with van der Waals surface area (Å²) in [6, 6.07) is 16.5. The predicted octanol–water partition coefficient (Wildman–Crippen LogP) is 2.64. The van der Waals surface area contributed by atoms with Crippen LogP contribution in [0.4, 0.5) is 0 Å². The topological polar surface area (TPSA) is 79.2 Å². The summed E-state index contributed by atoms with van der Waals surface area (Å²) in [6.45, 7) is 0.528. The van der Waals surface area contributed by atoms with Crippen molar-refractivity contribution < 1.29 is 14.3 Å². The van der Waals surface area contributed by atoms with Gasteiger partial charge in [-0.05, 0) is 48.2 Å². The molecule has 0 atom stereocenters. The predicted molar refractivity (Wildman–Crippen MR) is 94.0 cm³/mol. The molecule has 0 radical (unpaired) electrons. The maximum atomic E-state index is 12.0. The Morgan fingerprint density at radius 2 is 1.60 bits per heavy atom. The molecule has 0 saturated heterocycles. The molecule has 2 rings (SSSR count). The van der Waals surface area contributed by atoms with E-state index in [1.807, 2.05) is 30.3 Å². The molecule has 1 N–H and O–H groups in total. The van der Waals surface area contributed by atoms with Crippen molar-refractivity contribution in [1.29, 1.82) is 5.26 Å². The Labute approximate surface area is 147 Å². The Hall–Kier alpha value is -3.13. The van der Waals surface area contributed by atoms with Crippen molar-refractivity contribution >= 4 is 11.9 Å². The van der Waals surface area contributed by atoms with Crippen molar-refractivity contribution in [3.05, 3.63) is 70.8 Å². The Morgan fingerprint density at radius 1 is 1.00 bits per heavy atom. The van der Waals surface area contributed by atoms with Crippen molar-refractivity contribution in [3.63, 3.8) is 0 Å². The second-order valence-corrected chi connectivity index (χ2v) is 5.59. The van der Waals surface area contributed by atoms with Crippen LogP contribution in [0.25, 0.3) is 0 Å². The second kappa shape index (κ2) is 9.24. The zero-order chi connectivity index (χ0) is 18.1. The van der Waals surface area contributed by atoms with E-state index in [1.165, 1.54) is 7.11 Å². The standard InChI is InChI=1S/C20H20N2O3/c1-25-19(23)11-8-15-2-4-16(5-3-15)12-13-22-20(24)18-9-6-17(14-21)7-10-18/h2-7,9-10H,8,11-13H2,1H3,(H,22,24). The van der Waals surface area contributed by atoms with Crippen molar-refractivity contribution in [1.82, 2.24) is 5.32 Å². The van der Waals surface area contributed by atoms with Crippen LogP contribution in [0.5, 0.6) is 0 Å². The van der Waals surface area contributed by atoms with Crippen LogP contribution in [0, 0.1) is 11.3 Å². The summed E-state index contributed by atoms with van der Waals surface area (Å²) in [6.07, 6.45) is 1.75. The van der Waals surface area contributed by atoms with Gasteiger partial charge < -0.3 is 10.1 Å². The Kier molecular flexibility index (Phi) is 6.73. The number of rotatable bonds is 7. The number of hydrogen-bond donors (Lipinski definition) is 1. The molecule has 0 saturated carbocycles. The third-order valence-electron chi connectivity index (χ3n) is 3.84. The fourth-order valence-corrected chi connectivity index (χ4v) is 2.34. The van der Waals surface area contributed by atoms with Crippen molar-refractivity contribution in [2.45, 2.75) is 19.3 Å². The summed E-state index contributed by atoms with van der Waals surface area (Å²) in [5.41, 5.74) is 3.26. The molecule has 128 valence electrons. The molecule has 0 aliphatic heterocycles. The van der Waals surface area contributed by atoms with Crippen molar-refractivity contribution in [3.8, 4) is 6.07 Å². The average Bonchev–Trinajstić information content (AvgIpc) is 2.67. The quantitative estimate of drug-likeness (QED) is 0.788. The minimum atomic E-state index is -0.213. The van der Waals surface area contributed by atoms with Gasteiger partial charge in [0.1, 0.15) is 0 Å². The molecule has 0 heterocycles. The maximum absolute atomic E-state index is 12.0. The highest BCUT2D eigenvalue weighted by Crippen LogP contribution is 2.08. The van der Waals surface area contributed by atoms with Crippen LogP contribution in [-0.2, 0) is 22.4 Å². The number of amides is 1. The van der Waals surface area contributed by atoms with Crippen LogP contribution >= 0.6 is 0 Å². The molecule has 0 aliphatic carbocycles. The Bertz CT molecular complexity index is 759. The van der Waals surface area contributed by atoms with Gasteiger partial charge >= 0.3 is 5.97 Å². The molecular formula is C20H20N2O3. The number of ether oxygens (including phenoxy) is 1. The van der Waals surface area contributed by atoms with Gasteiger partial charge in [-0.2, -0.15) is 5.26 Å². The number of nitrogens with zero attached hydrogens (tertiary/aromatic N) is 1. The molecule has 1 amide bonds. The molecule has 0 fully saturated rings. The van der Waals surface area contributed by atoms with Crippen LogP contribution < -0.4 is 5.32 Å². The highest BCUT2D eigenvalue weighted by molar-refractivity contribution is 5.94. The molecule has 0 aromatic heterocycles. The Balaban J connectivity index is 1.78. The minimum absolute atomic E-state index is 0.154. The number of esters is 1. The number of nitrogens with one attached hydrogen (secondary N) is 1. The van der Waals surface area contributed by atoms with Crippen LogP contribution in [0.3, 0.4) is 0 Å². The normalized spacial score (nSPS) is 9.92. The highest BCUT2D eigenvalue weighted by Gasteiger charge is 2.05. The second-order valence-electron chi connectivity index (χ2n) is 5.59. The summed E-state index contributed by atoms with van der Waals surface area (Å²) in [4.78, 5) is 23.2. The zero-order valence-electron chi connectivity index (χ0n) is 14.1. The van der Waals surface area contributed by atoms with Gasteiger partial charge in [-0.25, -0.2) is 0 Å². The van der Waals surface area contributed by atoms with Gasteiger partial charge in [-0.1, -0.05) is 24.3 Å². The third kappa shape index (κ3) is 5.78. The van der Waals surface area contributed by atoms with E-state index in [-0.39, 0.29) is 11.9 Å². The lowest BCUT2D eigenvalue weighted by molar-refractivity contribution is -0.140. The van der Waals surface area contributed by atoms with Gasteiger partial charge in [0.2, 0.25) is 0 Å². The lowest BCUT2D eigenvalue weighted by Crippen LogP contribution is -2.25. The summed E-state index contributed by atoms with van der Waals surface area (Å²) in [5, 5.41) is 11.6. The minimum Gasteiger partial charge on any atom is -0.469 e. The SMILES string of the molecule is COC(=O)CCc1ccc(CCNC(=O)c2ccc(C#N)cc2)cc1. The smallest absolute Gasteiger partial charge is 0.305 e. The van der Waals surface area contributed by atoms with Gasteiger partial charge in [0.15, 0.2) is 0 Å². The number of benzene rings is 2. The molecule has 0 aliphatic rings. The first-order chi connectivity index (χ1) is 12.1. The molecule has 2 aromatic carbocycles. The van der Waals surface area contributed by atoms with Crippen LogP contribution in [-0.4, -0.2) is 25.5 Å². The molecule has 5 nitrogen and oxygen atoms in total. The molecule has 0 unspecified atom stereocenters. The number of carbonyl (C=O) groups is 2. The van der Waals surface area contributed by atoms with Gasteiger partial charge in [0.25, 0.3) is 5.91 Å². The number of carbonyl (C=O) groups excluding carboxylic acids is 2. The fourth-order valence-electron chi connectivity index (χ4n) is 2.34. The van der Waals surface area contributed by atoms with Crippen LogP contribution in [0.1, 0.15) is 33.5 Å². The van der Waals surface area contributed by atoms with E-state index in [1.54, 1.807) is 24.3 Å². The fraction of sp³-hybridized carbons (Fsp3) is 0.250. The van der Waals surface area contributed by atoms with Crippen LogP contribution in [0.2, 0.25) is 0 Å². The summed E-state index contributed by atoms with van der Waals surface area (Å²) in [7, 11) is 1.39. The molecule has 25 heavy (non-hydrogen) atoms. The lowest BCUT2D eigenvalue weighted by atomic mass is 10.1. The van der Waals surface area contributed by atoms with Crippen molar-refractivity contribution in [2.24, 2.45) is 0 Å². The molecule has 2 aromatic rings. The van der Waals surface area contributed by atoms with Crippen molar-refractivity contribution in [2.75, 3.05) is 13.7 Å². The largest absolute Gasteiger partial charge is 0.469 e. The summed E-state index contributed by atoms with van der Waals surface area (Å²) < 4.78 is 4.63.